The number of halogens is 1. The number of nitrogens with zero attached hydrogens (tertiary/aromatic N) is 2. The molecule has 1 spiro atoms. The van der Waals surface area contributed by atoms with Crippen LogP contribution >= 0.6 is 11.6 Å². The van der Waals surface area contributed by atoms with E-state index >= 15 is 0 Å². The fraction of sp³-hybridized carbons (Fsp3) is 0.568. The van der Waals surface area contributed by atoms with E-state index in [1.807, 2.05) is 19.2 Å². The van der Waals surface area contributed by atoms with Crippen LogP contribution < -0.4 is 19.7 Å². The summed E-state index contributed by atoms with van der Waals surface area (Å²) in [7, 11) is -2.33. The highest BCUT2D eigenvalue weighted by molar-refractivity contribution is 7.90. The van der Waals surface area contributed by atoms with Gasteiger partial charge < -0.3 is 29.3 Å². The topological polar surface area (TPSA) is 127 Å². The van der Waals surface area contributed by atoms with Gasteiger partial charge in [0.2, 0.25) is 0 Å². The average Bonchev–Trinajstić information content (AvgIpc) is 3.50. The average molecular weight is 727 g/mol. The number of likely N-dealkylation sites (tertiary alicyclic amines) is 1. The van der Waals surface area contributed by atoms with Crippen LogP contribution in [-0.4, -0.2) is 89.5 Å². The van der Waals surface area contributed by atoms with Crippen LogP contribution in [0.5, 0.6) is 5.75 Å². The Balaban J connectivity index is 1.27. The quantitative estimate of drug-likeness (QED) is 0.420. The summed E-state index contributed by atoms with van der Waals surface area (Å²) in [6.07, 6.45) is 8.30. The van der Waals surface area contributed by atoms with Gasteiger partial charge in [-0.05, 0) is 113 Å². The van der Waals surface area contributed by atoms with Crippen molar-refractivity contribution in [2.75, 3.05) is 51.3 Å². The van der Waals surface area contributed by atoms with E-state index < -0.39 is 27.6 Å². The normalized spacial score (nSPS) is 30.9. The number of nitrogens with one attached hydrogen (secondary N) is 2. The molecular weight excluding hydrogens is 680 g/mol. The Kier molecular flexibility index (Phi) is 9.59. The molecule has 3 aliphatic heterocycles. The molecule has 5 atom stereocenters. The molecule has 1 saturated carbocycles. The molecule has 2 aromatic carbocycles. The van der Waals surface area contributed by atoms with Crippen molar-refractivity contribution in [1.82, 2.24) is 14.9 Å². The molecule has 2 fully saturated rings. The molecular formula is C37H47ClN4O7S. The van der Waals surface area contributed by atoms with Crippen LogP contribution in [0.15, 0.2) is 53.4 Å². The van der Waals surface area contributed by atoms with Crippen LogP contribution in [0.4, 0.5) is 10.5 Å². The van der Waals surface area contributed by atoms with E-state index in [1.54, 1.807) is 23.1 Å². The lowest BCUT2D eigenvalue weighted by molar-refractivity contribution is -0.139. The molecule has 11 nitrogen and oxygen atoms in total. The van der Waals surface area contributed by atoms with Crippen molar-refractivity contribution in [1.29, 1.82) is 0 Å². The van der Waals surface area contributed by atoms with E-state index in [1.165, 1.54) is 31.0 Å². The number of hydrogen-bond donors (Lipinski definition) is 2. The largest absolute Gasteiger partial charge is 0.490 e. The number of carbonyl (C=O) groups is 2. The van der Waals surface area contributed by atoms with Gasteiger partial charge >= 0.3 is 6.09 Å². The van der Waals surface area contributed by atoms with Crippen molar-refractivity contribution >= 4 is 39.3 Å². The summed E-state index contributed by atoms with van der Waals surface area (Å²) in [4.78, 5) is 30.7. The predicted molar refractivity (Wildman–Crippen MR) is 190 cm³/mol. The molecule has 270 valence electrons. The Labute approximate surface area is 299 Å². The second-order valence-corrected chi connectivity index (χ2v) is 17.1. The lowest BCUT2D eigenvalue weighted by atomic mass is 9.68. The lowest BCUT2D eigenvalue weighted by Crippen LogP contribution is -2.50. The fourth-order valence-corrected chi connectivity index (χ4v) is 9.55. The Hall–Kier alpha value is -3.32. The van der Waals surface area contributed by atoms with Crippen LogP contribution in [0.25, 0.3) is 0 Å². The summed E-state index contributed by atoms with van der Waals surface area (Å²) < 4.78 is 48.2. The molecule has 2 amide bonds. The first kappa shape index (κ1) is 35.1. The van der Waals surface area contributed by atoms with Gasteiger partial charge in [-0.3, -0.25) is 4.79 Å². The molecule has 0 aromatic heterocycles. The number of fused-ring (bicyclic) bond motifs is 4. The van der Waals surface area contributed by atoms with Crippen LogP contribution in [0.3, 0.4) is 0 Å². The summed E-state index contributed by atoms with van der Waals surface area (Å²) in [5.74, 6) is -0.00448. The minimum atomic E-state index is -4.24. The zero-order valence-electron chi connectivity index (χ0n) is 29.0. The van der Waals surface area contributed by atoms with Crippen LogP contribution in [0, 0.1) is 11.8 Å². The Bertz CT molecular complexity index is 1780. The first-order valence-electron chi connectivity index (χ1n) is 17.7. The standard InChI is InChI=1S/C37H47ClN4O7S/c1-36(2)34(43)40-50(45,46)28-10-13-33-31(19-28)42(22-37(23-47-33)15-4-6-24-18-26(38)9-12-30(24)37)20-25-8-11-29(25)32(7-5-17-48-36)49-35(44)41-16-14-27(21-41)39-3/h5,7,9-10,12-13,18-19,25,27,29,32,39H,4,6,8,11,14-17,20-23H2,1-3H3,(H,40,43)/b7-5+/t25-,27+,29+,32-,37-/m0/s1. The second-order valence-electron chi connectivity index (χ2n) is 15.0. The maximum Gasteiger partial charge on any atom is 0.410 e. The van der Waals surface area contributed by atoms with Gasteiger partial charge in [-0.1, -0.05) is 23.7 Å². The van der Waals surface area contributed by atoms with Crippen LogP contribution in [0.1, 0.15) is 57.1 Å². The number of hydrogen-bond acceptors (Lipinski definition) is 9. The van der Waals surface area contributed by atoms with E-state index in [-0.39, 0.29) is 40.9 Å². The number of sulfonamides is 1. The van der Waals surface area contributed by atoms with Crippen molar-refractivity contribution in [3.8, 4) is 5.75 Å². The predicted octanol–water partition coefficient (Wildman–Crippen LogP) is 4.81. The van der Waals surface area contributed by atoms with Crippen molar-refractivity contribution in [2.24, 2.45) is 11.8 Å². The van der Waals surface area contributed by atoms with Gasteiger partial charge in [-0.2, -0.15) is 0 Å². The third-order valence-corrected chi connectivity index (χ3v) is 13.0. The molecule has 0 unspecified atom stereocenters. The number of amides is 2. The van der Waals surface area contributed by atoms with Gasteiger partial charge in [0.15, 0.2) is 0 Å². The highest BCUT2D eigenvalue weighted by Crippen LogP contribution is 2.47. The van der Waals surface area contributed by atoms with Gasteiger partial charge in [0.25, 0.3) is 15.9 Å². The third kappa shape index (κ3) is 6.83. The van der Waals surface area contributed by atoms with E-state index in [0.717, 1.165) is 38.5 Å². The molecule has 1 saturated heterocycles. The summed E-state index contributed by atoms with van der Waals surface area (Å²) in [5, 5.41) is 3.96. The zero-order chi connectivity index (χ0) is 35.3. The van der Waals surface area contributed by atoms with Crippen LogP contribution in [0.2, 0.25) is 5.02 Å². The molecule has 13 heteroatoms. The van der Waals surface area contributed by atoms with Crippen molar-refractivity contribution < 1.29 is 32.2 Å². The molecule has 2 N–H and O–H groups in total. The number of aryl methyl sites for hydroxylation is 1. The lowest BCUT2D eigenvalue weighted by Gasteiger charge is -2.46. The SMILES string of the molecule is CN[C@@H]1CCN(C(=O)O[C@H]2/C=C/COC(C)(C)C(=O)NS(=O)(=O)c3ccc4c(c3)N(C[C@@H]3CC[C@H]32)C[C@@]2(CCCc3cc(Cl)ccc32)CO4)C1. The smallest absolute Gasteiger partial charge is 0.410 e. The Morgan fingerprint density at radius 3 is 2.72 bits per heavy atom. The van der Waals surface area contributed by atoms with Crippen molar-refractivity contribution in [3.63, 3.8) is 0 Å². The molecule has 3 heterocycles. The highest BCUT2D eigenvalue weighted by atomic mass is 35.5. The van der Waals surface area contributed by atoms with E-state index in [4.69, 9.17) is 25.8 Å². The van der Waals surface area contributed by atoms with Gasteiger partial charge in [-0.15, -0.1) is 0 Å². The Morgan fingerprint density at radius 2 is 1.96 bits per heavy atom. The molecule has 2 aliphatic carbocycles. The van der Waals surface area contributed by atoms with E-state index in [0.29, 0.717) is 49.2 Å². The first-order chi connectivity index (χ1) is 23.9. The maximum atomic E-state index is 13.6. The molecule has 5 aliphatic rings. The summed E-state index contributed by atoms with van der Waals surface area (Å²) in [6.45, 7) is 5.96. The molecule has 2 bridgehead atoms. The summed E-state index contributed by atoms with van der Waals surface area (Å²) in [5.41, 5.74) is 1.27. The van der Waals surface area contributed by atoms with Crippen LogP contribution in [-0.2, 0) is 36.1 Å². The minimum Gasteiger partial charge on any atom is -0.490 e. The molecule has 50 heavy (non-hydrogen) atoms. The van der Waals surface area contributed by atoms with Gasteiger partial charge in [-0.25, -0.2) is 17.9 Å². The number of rotatable bonds is 2. The highest BCUT2D eigenvalue weighted by Gasteiger charge is 2.45. The fourth-order valence-electron chi connectivity index (χ4n) is 8.24. The molecule has 7 rings (SSSR count). The maximum absolute atomic E-state index is 13.6. The van der Waals surface area contributed by atoms with Gasteiger partial charge in [0.1, 0.15) is 17.5 Å². The summed E-state index contributed by atoms with van der Waals surface area (Å²) >= 11 is 6.44. The third-order valence-electron chi connectivity index (χ3n) is 11.4. The zero-order valence-corrected chi connectivity index (χ0v) is 30.5. The van der Waals surface area contributed by atoms with E-state index in [2.05, 4.69) is 27.1 Å². The number of ether oxygens (including phenoxy) is 3. The van der Waals surface area contributed by atoms with Gasteiger partial charge in [0.05, 0.1) is 23.8 Å². The minimum absolute atomic E-state index is 0.0322. The summed E-state index contributed by atoms with van der Waals surface area (Å²) in [6, 6.07) is 11.1. The molecule has 0 radical (unpaired) electrons. The monoisotopic (exact) mass is 726 g/mol. The Morgan fingerprint density at radius 1 is 1.12 bits per heavy atom. The van der Waals surface area contributed by atoms with Crippen molar-refractivity contribution in [3.05, 3.63) is 64.7 Å². The molecule has 2 aromatic rings. The van der Waals surface area contributed by atoms with Gasteiger partial charge in [0, 0.05) is 48.6 Å². The second kappa shape index (κ2) is 13.7. The number of anilines is 1. The number of carbonyl (C=O) groups excluding carboxylic acids is 2. The number of likely N-dealkylation sites (N-methyl/N-ethyl adjacent to an activating group) is 1. The number of benzene rings is 2. The van der Waals surface area contributed by atoms with E-state index in [9.17, 15) is 18.0 Å². The first-order valence-corrected chi connectivity index (χ1v) is 19.5. The van der Waals surface area contributed by atoms with Crippen molar-refractivity contribution in [2.45, 2.75) is 80.4 Å².